The number of hydrogen-bond acceptors (Lipinski definition) is 6. The molecule has 1 fully saturated rings. The fourth-order valence-corrected chi connectivity index (χ4v) is 2.24. The molecule has 0 aromatic carbocycles. The molecule has 0 atom stereocenters. The number of carbonyl (C=O) groups is 2. The lowest BCUT2D eigenvalue weighted by Crippen LogP contribution is -2.47. The Morgan fingerprint density at radius 1 is 1.50 bits per heavy atom. The van der Waals surface area contributed by atoms with Crippen LogP contribution in [0.4, 0.5) is 5.82 Å². The summed E-state index contributed by atoms with van der Waals surface area (Å²) in [5, 5.41) is 26.0. The minimum absolute atomic E-state index is 0.00606. The van der Waals surface area contributed by atoms with Crippen molar-refractivity contribution >= 4 is 17.7 Å². The number of nitro groups is 1. The van der Waals surface area contributed by atoms with Crippen LogP contribution >= 0.6 is 0 Å². The highest BCUT2D eigenvalue weighted by molar-refractivity contribution is 5.79. The average Bonchev–Trinajstić information content (AvgIpc) is 2.95. The van der Waals surface area contributed by atoms with E-state index >= 15 is 0 Å². The van der Waals surface area contributed by atoms with E-state index in [1.807, 2.05) is 0 Å². The average molecular weight is 312 g/mol. The van der Waals surface area contributed by atoms with Crippen LogP contribution < -0.4 is 5.32 Å². The van der Waals surface area contributed by atoms with E-state index in [2.05, 4.69) is 10.4 Å². The van der Waals surface area contributed by atoms with Gasteiger partial charge in [0.05, 0.1) is 22.8 Å². The summed E-state index contributed by atoms with van der Waals surface area (Å²) in [4.78, 5) is 33.1. The monoisotopic (exact) mass is 312 g/mol. The van der Waals surface area contributed by atoms with E-state index in [-0.39, 0.29) is 18.9 Å². The lowest BCUT2D eigenvalue weighted by molar-refractivity contribution is -0.389. The predicted molar refractivity (Wildman–Crippen MR) is 72.0 cm³/mol. The number of rotatable bonds is 6. The first-order valence-corrected chi connectivity index (χ1v) is 6.69. The van der Waals surface area contributed by atoms with E-state index in [0.717, 1.165) is 4.68 Å². The van der Waals surface area contributed by atoms with Crippen molar-refractivity contribution in [1.29, 1.82) is 0 Å². The van der Waals surface area contributed by atoms with E-state index < -0.39 is 22.2 Å². The number of carbonyl (C=O) groups excluding carboxylic acids is 1. The Labute approximate surface area is 125 Å². The Balaban J connectivity index is 1.90. The molecule has 0 bridgehead atoms. The van der Waals surface area contributed by atoms with Crippen molar-refractivity contribution in [2.75, 3.05) is 19.8 Å². The number of aromatic nitrogens is 2. The van der Waals surface area contributed by atoms with Gasteiger partial charge in [0.1, 0.15) is 6.54 Å². The Bertz CT molecular complexity index is 578. The minimum Gasteiger partial charge on any atom is -0.481 e. The fraction of sp³-hybridized carbons (Fsp3) is 0.583. The van der Waals surface area contributed by atoms with Gasteiger partial charge in [0, 0.05) is 19.8 Å². The molecule has 2 rings (SSSR count). The Kier molecular flexibility index (Phi) is 4.71. The van der Waals surface area contributed by atoms with Crippen LogP contribution in [0.5, 0.6) is 0 Å². The SMILES string of the molecule is O=C(Cn1ccc([N+](=O)[O-])n1)NCC1(C(=O)O)CCOCC1. The zero-order valence-corrected chi connectivity index (χ0v) is 11.7. The van der Waals surface area contributed by atoms with Gasteiger partial charge in [-0.15, -0.1) is 0 Å². The van der Waals surface area contributed by atoms with Crippen LogP contribution in [0.3, 0.4) is 0 Å². The summed E-state index contributed by atoms with van der Waals surface area (Å²) in [7, 11) is 0. The number of carboxylic acid groups (broad SMARTS) is 1. The van der Waals surface area contributed by atoms with Crippen LogP contribution in [-0.4, -0.2) is 51.4 Å². The molecule has 10 nitrogen and oxygen atoms in total. The molecule has 10 heteroatoms. The van der Waals surface area contributed by atoms with Crippen molar-refractivity contribution in [1.82, 2.24) is 15.1 Å². The standard InChI is InChI=1S/C12H16N4O6/c17-10(7-15-4-1-9(14-15)16(20)21)13-8-12(11(18)19)2-5-22-6-3-12/h1,4H,2-3,5-8H2,(H,13,17)(H,18,19). The van der Waals surface area contributed by atoms with Crippen molar-refractivity contribution in [2.24, 2.45) is 5.41 Å². The molecule has 22 heavy (non-hydrogen) atoms. The first kappa shape index (κ1) is 15.9. The fourth-order valence-electron chi connectivity index (χ4n) is 2.24. The van der Waals surface area contributed by atoms with Gasteiger partial charge in [0.2, 0.25) is 5.91 Å². The summed E-state index contributed by atoms with van der Waals surface area (Å²) in [6.07, 6.45) is 1.98. The Morgan fingerprint density at radius 2 is 2.18 bits per heavy atom. The number of amides is 1. The highest BCUT2D eigenvalue weighted by Crippen LogP contribution is 2.30. The van der Waals surface area contributed by atoms with Gasteiger partial charge in [0.25, 0.3) is 0 Å². The third kappa shape index (κ3) is 3.58. The molecule has 0 radical (unpaired) electrons. The van der Waals surface area contributed by atoms with E-state index in [1.165, 1.54) is 12.3 Å². The molecule has 2 heterocycles. The van der Waals surface area contributed by atoms with Gasteiger partial charge in [-0.1, -0.05) is 0 Å². The maximum absolute atomic E-state index is 11.8. The summed E-state index contributed by atoms with van der Waals surface area (Å²) in [6, 6.07) is 1.19. The molecule has 1 aliphatic heterocycles. The number of ether oxygens (including phenoxy) is 1. The molecule has 1 aromatic rings. The van der Waals surface area contributed by atoms with Crippen LogP contribution in [0.2, 0.25) is 0 Å². The van der Waals surface area contributed by atoms with E-state index in [4.69, 9.17) is 4.74 Å². The molecule has 1 aromatic heterocycles. The second-order valence-corrected chi connectivity index (χ2v) is 5.10. The van der Waals surface area contributed by atoms with Crippen molar-refractivity contribution in [3.8, 4) is 0 Å². The molecular weight excluding hydrogens is 296 g/mol. The van der Waals surface area contributed by atoms with Crippen molar-refractivity contribution < 1.29 is 24.4 Å². The van der Waals surface area contributed by atoms with E-state index in [0.29, 0.717) is 26.1 Å². The quantitative estimate of drug-likeness (QED) is 0.547. The van der Waals surface area contributed by atoms with Gasteiger partial charge in [-0.3, -0.25) is 9.59 Å². The molecule has 120 valence electrons. The molecular formula is C12H16N4O6. The number of hydrogen-bond donors (Lipinski definition) is 2. The van der Waals surface area contributed by atoms with Crippen molar-refractivity contribution in [2.45, 2.75) is 19.4 Å². The smallest absolute Gasteiger partial charge is 0.389 e. The number of aliphatic carboxylic acids is 1. The van der Waals surface area contributed by atoms with Gasteiger partial charge in [-0.2, -0.15) is 4.68 Å². The topological polar surface area (TPSA) is 137 Å². The number of nitrogens with one attached hydrogen (secondary N) is 1. The van der Waals surface area contributed by atoms with Crippen molar-refractivity contribution in [3.63, 3.8) is 0 Å². The summed E-state index contributed by atoms with van der Waals surface area (Å²) < 4.78 is 6.28. The lowest BCUT2D eigenvalue weighted by Gasteiger charge is -2.33. The number of nitrogens with zero attached hydrogens (tertiary/aromatic N) is 3. The zero-order chi connectivity index (χ0) is 16.2. The maximum Gasteiger partial charge on any atom is 0.389 e. The molecule has 1 aliphatic rings. The van der Waals surface area contributed by atoms with Crippen LogP contribution in [0.25, 0.3) is 0 Å². The molecule has 2 N–H and O–H groups in total. The van der Waals surface area contributed by atoms with Crippen molar-refractivity contribution in [3.05, 3.63) is 22.4 Å². The molecule has 1 saturated heterocycles. The van der Waals surface area contributed by atoms with Gasteiger partial charge < -0.3 is 25.3 Å². The second kappa shape index (κ2) is 6.52. The first-order valence-electron chi connectivity index (χ1n) is 6.69. The largest absolute Gasteiger partial charge is 0.481 e. The molecule has 0 spiro atoms. The summed E-state index contributed by atoms with van der Waals surface area (Å²) >= 11 is 0. The normalized spacial score (nSPS) is 16.9. The maximum atomic E-state index is 11.8. The second-order valence-electron chi connectivity index (χ2n) is 5.10. The molecule has 0 saturated carbocycles. The van der Waals surface area contributed by atoms with E-state index in [1.54, 1.807) is 0 Å². The van der Waals surface area contributed by atoms with Crippen LogP contribution in [-0.2, 0) is 20.9 Å². The third-order valence-corrected chi connectivity index (χ3v) is 3.65. The molecule has 1 amide bonds. The van der Waals surface area contributed by atoms with Crippen LogP contribution in [0.15, 0.2) is 12.3 Å². The molecule has 0 unspecified atom stereocenters. The predicted octanol–water partition coefficient (Wildman–Crippen LogP) is -0.211. The Hall–Kier alpha value is -2.49. The third-order valence-electron chi connectivity index (χ3n) is 3.65. The van der Waals surface area contributed by atoms with Gasteiger partial charge in [0.15, 0.2) is 0 Å². The molecule has 0 aliphatic carbocycles. The minimum atomic E-state index is -1.02. The van der Waals surface area contributed by atoms with Crippen LogP contribution in [0.1, 0.15) is 12.8 Å². The van der Waals surface area contributed by atoms with Gasteiger partial charge >= 0.3 is 11.8 Å². The van der Waals surface area contributed by atoms with Gasteiger partial charge in [-0.05, 0) is 17.8 Å². The van der Waals surface area contributed by atoms with E-state index in [9.17, 15) is 24.8 Å². The van der Waals surface area contributed by atoms with Crippen LogP contribution in [0, 0.1) is 15.5 Å². The highest BCUT2D eigenvalue weighted by atomic mass is 16.6. The summed E-state index contributed by atoms with van der Waals surface area (Å²) in [6.45, 7) is 0.467. The first-order chi connectivity index (χ1) is 10.4. The zero-order valence-electron chi connectivity index (χ0n) is 11.7. The summed E-state index contributed by atoms with van der Waals surface area (Å²) in [5.41, 5.74) is -1.02. The Morgan fingerprint density at radius 3 is 2.73 bits per heavy atom. The lowest BCUT2D eigenvalue weighted by atomic mass is 9.80. The van der Waals surface area contributed by atoms with Gasteiger partial charge in [-0.25, -0.2) is 0 Å². The summed E-state index contributed by atoms with van der Waals surface area (Å²) in [5.74, 6) is -1.77. The number of carboxylic acids is 1. The highest BCUT2D eigenvalue weighted by Gasteiger charge is 2.40.